The zero-order valence-corrected chi connectivity index (χ0v) is 9.47. The minimum absolute atomic E-state index is 0.191. The Balaban J connectivity index is 1.88. The van der Waals surface area contributed by atoms with Crippen molar-refractivity contribution in [3.05, 3.63) is 0 Å². The Bertz CT molecular complexity index is 185. The Hall–Kier alpha value is -0.0800. The zero-order chi connectivity index (χ0) is 10.0. The Labute approximate surface area is 87.8 Å². The van der Waals surface area contributed by atoms with Crippen molar-refractivity contribution in [3.63, 3.8) is 0 Å². The van der Waals surface area contributed by atoms with E-state index in [2.05, 4.69) is 11.9 Å². The molecule has 2 fully saturated rings. The smallest absolute Gasteiger partial charge is 0.0169 e. The summed E-state index contributed by atoms with van der Waals surface area (Å²) in [7, 11) is 2.27. The topological polar surface area (TPSA) is 29.3 Å². The van der Waals surface area contributed by atoms with Crippen LogP contribution in [0.3, 0.4) is 0 Å². The van der Waals surface area contributed by atoms with E-state index >= 15 is 0 Å². The number of piperidine rings is 1. The molecule has 1 heterocycles. The molecule has 2 rings (SSSR count). The van der Waals surface area contributed by atoms with E-state index in [1.165, 1.54) is 57.9 Å². The highest BCUT2D eigenvalue weighted by Gasteiger charge is 2.33. The number of likely N-dealkylation sites (tertiary alicyclic amines) is 1. The summed E-state index contributed by atoms with van der Waals surface area (Å²) in [5.41, 5.74) is 6.62. The van der Waals surface area contributed by atoms with E-state index in [-0.39, 0.29) is 5.54 Å². The van der Waals surface area contributed by atoms with E-state index in [9.17, 15) is 0 Å². The first-order valence-corrected chi connectivity index (χ1v) is 6.19. The van der Waals surface area contributed by atoms with Gasteiger partial charge < -0.3 is 10.6 Å². The fourth-order valence-electron chi connectivity index (χ4n) is 3.15. The van der Waals surface area contributed by atoms with Crippen LogP contribution >= 0.6 is 0 Å². The molecule has 2 aliphatic rings. The Morgan fingerprint density at radius 2 is 1.93 bits per heavy atom. The highest BCUT2D eigenvalue weighted by atomic mass is 15.1. The first kappa shape index (κ1) is 10.4. The second kappa shape index (κ2) is 4.19. The van der Waals surface area contributed by atoms with Gasteiger partial charge in [0.05, 0.1) is 0 Å². The SMILES string of the molecule is CN1CCCCC1CC1(N)CCCC1. The van der Waals surface area contributed by atoms with Crippen LogP contribution in [0, 0.1) is 0 Å². The molecule has 14 heavy (non-hydrogen) atoms. The minimum atomic E-state index is 0.191. The van der Waals surface area contributed by atoms with Gasteiger partial charge in [-0.05, 0) is 45.7 Å². The fourth-order valence-corrected chi connectivity index (χ4v) is 3.15. The lowest BCUT2D eigenvalue weighted by Crippen LogP contribution is -2.46. The number of nitrogens with zero attached hydrogens (tertiary/aromatic N) is 1. The molecular weight excluding hydrogens is 172 g/mol. The normalized spacial score (nSPS) is 33.4. The molecule has 0 amide bonds. The van der Waals surface area contributed by atoms with E-state index in [1.54, 1.807) is 0 Å². The van der Waals surface area contributed by atoms with Crippen molar-refractivity contribution >= 4 is 0 Å². The third kappa shape index (κ3) is 2.29. The Morgan fingerprint density at radius 3 is 2.57 bits per heavy atom. The van der Waals surface area contributed by atoms with E-state index < -0.39 is 0 Å². The van der Waals surface area contributed by atoms with Crippen LogP contribution in [0.5, 0.6) is 0 Å². The van der Waals surface area contributed by atoms with Crippen molar-refractivity contribution in [1.29, 1.82) is 0 Å². The molecule has 0 radical (unpaired) electrons. The largest absolute Gasteiger partial charge is 0.325 e. The Kier molecular flexibility index (Phi) is 3.13. The Morgan fingerprint density at radius 1 is 1.21 bits per heavy atom. The number of nitrogens with two attached hydrogens (primary N) is 1. The van der Waals surface area contributed by atoms with Crippen molar-refractivity contribution in [2.75, 3.05) is 13.6 Å². The van der Waals surface area contributed by atoms with Gasteiger partial charge in [-0.2, -0.15) is 0 Å². The summed E-state index contributed by atoms with van der Waals surface area (Å²) in [6.07, 6.45) is 10.6. The van der Waals surface area contributed by atoms with Crippen LogP contribution in [0.1, 0.15) is 51.4 Å². The van der Waals surface area contributed by atoms with Gasteiger partial charge in [0.25, 0.3) is 0 Å². The van der Waals surface area contributed by atoms with E-state index in [4.69, 9.17) is 5.73 Å². The lowest BCUT2D eigenvalue weighted by atomic mass is 9.86. The molecule has 0 bridgehead atoms. The van der Waals surface area contributed by atoms with Crippen molar-refractivity contribution in [3.8, 4) is 0 Å². The summed E-state index contributed by atoms with van der Waals surface area (Å²) >= 11 is 0. The molecule has 1 atom stereocenters. The molecule has 0 aromatic heterocycles. The molecule has 2 heteroatoms. The number of hydrogen-bond donors (Lipinski definition) is 1. The summed E-state index contributed by atoms with van der Waals surface area (Å²) < 4.78 is 0. The van der Waals surface area contributed by atoms with Crippen LogP contribution < -0.4 is 5.73 Å². The van der Waals surface area contributed by atoms with Crippen LogP contribution in [0.25, 0.3) is 0 Å². The van der Waals surface area contributed by atoms with Crippen molar-refractivity contribution in [2.24, 2.45) is 5.73 Å². The van der Waals surface area contributed by atoms with E-state index in [1.807, 2.05) is 0 Å². The molecule has 2 N–H and O–H groups in total. The standard InChI is InChI=1S/C12H24N2/c1-14-9-5-2-6-11(14)10-12(13)7-3-4-8-12/h11H,2-10,13H2,1H3. The quantitative estimate of drug-likeness (QED) is 0.733. The molecule has 2 nitrogen and oxygen atoms in total. The molecule has 1 aliphatic heterocycles. The maximum Gasteiger partial charge on any atom is 0.0169 e. The monoisotopic (exact) mass is 196 g/mol. The fraction of sp³-hybridized carbons (Fsp3) is 1.00. The third-order valence-corrected chi connectivity index (χ3v) is 4.16. The maximum atomic E-state index is 6.43. The van der Waals surface area contributed by atoms with Crippen LogP contribution in [0.15, 0.2) is 0 Å². The second-order valence-electron chi connectivity index (χ2n) is 5.40. The molecule has 0 spiro atoms. The summed E-state index contributed by atoms with van der Waals surface area (Å²) in [4.78, 5) is 2.52. The molecule has 1 unspecified atom stereocenters. The van der Waals surface area contributed by atoms with E-state index in [0.717, 1.165) is 6.04 Å². The van der Waals surface area contributed by atoms with Crippen LogP contribution in [-0.2, 0) is 0 Å². The van der Waals surface area contributed by atoms with Crippen LogP contribution in [0.2, 0.25) is 0 Å². The van der Waals surface area contributed by atoms with Crippen molar-refractivity contribution < 1.29 is 0 Å². The number of rotatable bonds is 2. The van der Waals surface area contributed by atoms with Gasteiger partial charge in [0.1, 0.15) is 0 Å². The molecular formula is C12H24N2. The average molecular weight is 196 g/mol. The zero-order valence-electron chi connectivity index (χ0n) is 9.47. The average Bonchev–Trinajstić information content (AvgIpc) is 2.57. The molecule has 1 aliphatic carbocycles. The highest BCUT2D eigenvalue weighted by Crippen LogP contribution is 2.34. The van der Waals surface area contributed by atoms with E-state index in [0.29, 0.717) is 0 Å². The lowest BCUT2D eigenvalue weighted by molar-refractivity contribution is 0.148. The summed E-state index contributed by atoms with van der Waals surface area (Å²) in [6, 6.07) is 0.770. The first-order chi connectivity index (χ1) is 6.70. The van der Waals surface area contributed by atoms with Gasteiger partial charge in [-0.3, -0.25) is 0 Å². The maximum absolute atomic E-state index is 6.43. The molecule has 1 saturated carbocycles. The van der Waals surface area contributed by atoms with Crippen LogP contribution in [0.4, 0.5) is 0 Å². The van der Waals surface area contributed by atoms with Gasteiger partial charge >= 0.3 is 0 Å². The summed E-state index contributed by atoms with van der Waals surface area (Å²) in [5, 5.41) is 0. The molecule has 0 aromatic carbocycles. The van der Waals surface area contributed by atoms with Gasteiger partial charge in [0.15, 0.2) is 0 Å². The molecule has 1 saturated heterocycles. The van der Waals surface area contributed by atoms with Crippen molar-refractivity contribution in [1.82, 2.24) is 4.90 Å². The predicted octanol–water partition coefficient (Wildman–Crippen LogP) is 2.13. The molecule has 0 aromatic rings. The molecule has 82 valence electrons. The van der Waals surface area contributed by atoms with Gasteiger partial charge in [0.2, 0.25) is 0 Å². The first-order valence-electron chi connectivity index (χ1n) is 6.19. The van der Waals surface area contributed by atoms with Crippen molar-refractivity contribution in [2.45, 2.75) is 62.9 Å². The third-order valence-electron chi connectivity index (χ3n) is 4.16. The van der Waals surface area contributed by atoms with Crippen LogP contribution in [-0.4, -0.2) is 30.1 Å². The second-order valence-corrected chi connectivity index (χ2v) is 5.40. The summed E-state index contributed by atoms with van der Waals surface area (Å²) in [6.45, 7) is 1.28. The summed E-state index contributed by atoms with van der Waals surface area (Å²) in [5.74, 6) is 0. The minimum Gasteiger partial charge on any atom is -0.325 e. The number of hydrogen-bond acceptors (Lipinski definition) is 2. The highest BCUT2D eigenvalue weighted by molar-refractivity contribution is 4.93. The van der Waals surface area contributed by atoms with Gasteiger partial charge in [-0.15, -0.1) is 0 Å². The van der Waals surface area contributed by atoms with Gasteiger partial charge in [-0.1, -0.05) is 19.3 Å². The predicted molar refractivity (Wildman–Crippen MR) is 60.3 cm³/mol. The lowest BCUT2D eigenvalue weighted by Gasteiger charge is -2.37. The van der Waals surface area contributed by atoms with Gasteiger partial charge in [0, 0.05) is 11.6 Å². The van der Waals surface area contributed by atoms with Gasteiger partial charge in [-0.25, -0.2) is 0 Å².